The van der Waals surface area contributed by atoms with Crippen molar-refractivity contribution in [2.45, 2.75) is 51.5 Å². The Bertz CT molecular complexity index is 581. The lowest BCUT2D eigenvalue weighted by molar-refractivity contribution is -0.140. The zero-order valence-corrected chi connectivity index (χ0v) is 14.0. The second-order valence-electron chi connectivity index (χ2n) is 6.12. The van der Waals surface area contributed by atoms with Gasteiger partial charge in [0.05, 0.1) is 12.5 Å². The summed E-state index contributed by atoms with van der Waals surface area (Å²) in [7, 11) is 0. The fraction of sp³-hybridized carbons (Fsp3) is 0.556. The molecule has 1 aromatic carbocycles. The number of benzene rings is 1. The molecular weight excluding hydrogens is 310 g/mol. The fourth-order valence-electron chi connectivity index (χ4n) is 2.90. The van der Waals surface area contributed by atoms with Crippen molar-refractivity contribution in [2.75, 3.05) is 6.61 Å². The van der Waals surface area contributed by atoms with Crippen LogP contribution >= 0.6 is 0 Å². The first kappa shape index (κ1) is 18.3. The minimum absolute atomic E-state index is 0.0478. The molecule has 0 aliphatic heterocycles. The van der Waals surface area contributed by atoms with Crippen molar-refractivity contribution < 1.29 is 24.2 Å². The number of carboxylic acid groups (broad SMARTS) is 1. The summed E-state index contributed by atoms with van der Waals surface area (Å²) in [5.74, 6) is -0.503. The Hall–Kier alpha value is -2.08. The second kappa shape index (κ2) is 8.68. The molecule has 0 bridgehead atoms. The van der Waals surface area contributed by atoms with Crippen molar-refractivity contribution in [1.29, 1.82) is 0 Å². The highest BCUT2D eigenvalue weighted by Crippen LogP contribution is 2.31. The predicted octanol–water partition coefficient (Wildman–Crippen LogP) is 2.53. The third-order valence-corrected chi connectivity index (χ3v) is 4.23. The van der Waals surface area contributed by atoms with Gasteiger partial charge in [-0.1, -0.05) is 25.3 Å². The van der Waals surface area contributed by atoms with Crippen molar-refractivity contribution in [3.63, 3.8) is 0 Å². The van der Waals surface area contributed by atoms with Crippen molar-refractivity contribution >= 4 is 11.9 Å². The van der Waals surface area contributed by atoms with E-state index in [1.165, 1.54) is 6.42 Å². The van der Waals surface area contributed by atoms with Crippen LogP contribution in [0.3, 0.4) is 0 Å². The minimum atomic E-state index is -1.05. The van der Waals surface area contributed by atoms with Crippen LogP contribution < -0.4 is 15.2 Å². The van der Waals surface area contributed by atoms with Crippen LogP contribution in [-0.4, -0.2) is 29.7 Å². The summed E-state index contributed by atoms with van der Waals surface area (Å²) in [5, 5.41) is 8.91. The van der Waals surface area contributed by atoms with E-state index in [0.717, 1.165) is 31.2 Å². The minimum Gasteiger partial charge on any atom is -0.490 e. The number of hydrogen-bond acceptors (Lipinski definition) is 5. The number of hydrogen-bond donors (Lipinski definition) is 2. The highest BCUT2D eigenvalue weighted by molar-refractivity contribution is 5.76. The van der Waals surface area contributed by atoms with Crippen LogP contribution in [-0.2, 0) is 16.0 Å². The smallest absolute Gasteiger partial charge is 0.320 e. The predicted molar refractivity (Wildman–Crippen MR) is 89.1 cm³/mol. The Morgan fingerprint density at radius 1 is 1.25 bits per heavy atom. The van der Waals surface area contributed by atoms with E-state index in [1.54, 1.807) is 18.2 Å². The van der Waals surface area contributed by atoms with Gasteiger partial charge in [-0.15, -0.1) is 0 Å². The molecule has 6 nitrogen and oxygen atoms in total. The SMILES string of the molecule is CCOc1cc(CC(N)C(=O)O)ccc1OC(=O)C1CCCCC1. The van der Waals surface area contributed by atoms with E-state index < -0.39 is 12.0 Å². The summed E-state index contributed by atoms with van der Waals surface area (Å²) in [6, 6.07) is 4.08. The third kappa shape index (κ3) is 4.96. The Kier molecular flexibility index (Phi) is 6.61. The van der Waals surface area contributed by atoms with E-state index in [9.17, 15) is 9.59 Å². The number of carbonyl (C=O) groups excluding carboxylic acids is 1. The van der Waals surface area contributed by atoms with Gasteiger partial charge in [0.15, 0.2) is 11.5 Å². The molecular formula is C18H25NO5. The lowest BCUT2D eigenvalue weighted by Crippen LogP contribution is -2.32. The van der Waals surface area contributed by atoms with E-state index in [-0.39, 0.29) is 18.3 Å². The Morgan fingerprint density at radius 2 is 1.96 bits per heavy atom. The summed E-state index contributed by atoms with van der Waals surface area (Å²) in [5.41, 5.74) is 6.29. The summed E-state index contributed by atoms with van der Waals surface area (Å²) in [4.78, 5) is 23.2. The van der Waals surface area contributed by atoms with Gasteiger partial charge in [-0.2, -0.15) is 0 Å². The molecule has 0 amide bonds. The van der Waals surface area contributed by atoms with Crippen LogP contribution in [0.1, 0.15) is 44.6 Å². The lowest BCUT2D eigenvalue weighted by Gasteiger charge is -2.20. The van der Waals surface area contributed by atoms with Crippen molar-refractivity contribution in [2.24, 2.45) is 11.7 Å². The van der Waals surface area contributed by atoms with Gasteiger partial charge in [0.2, 0.25) is 0 Å². The summed E-state index contributed by atoms with van der Waals surface area (Å²) in [6.07, 6.45) is 5.22. The molecule has 1 saturated carbocycles. The second-order valence-corrected chi connectivity index (χ2v) is 6.12. The Morgan fingerprint density at radius 3 is 2.58 bits per heavy atom. The number of nitrogens with two attached hydrogens (primary N) is 1. The number of esters is 1. The van der Waals surface area contributed by atoms with Gasteiger partial charge in [0.1, 0.15) is 6.04 Å². The molecule has 0 spiro atoms. The molecule has 1 atom stereocenters. The average Bonchev–Trinajstić information content (AvgIpc) is 2.58. The molecule has 0 radical (unpaired) electrons. The Balaban J connectivity index is 2.10. The maximum Gasteiger partial charge on any atom is 0.320 e. The topological polar surface area (TPSA) is 98.8 Å². The quantitative estimate of drug-likeness (QED) is 0.587. The van der Waals surface area contributed by atoms with Gasteiger partial charge >= 0.3 is 11.9 Å². The van der Waals surface area contributed by atoms with Gasteiger partial charge < -0.3 is 20.3 Å². The van der Waals surface area contributed by atoms with Gasteiger partial charge in [-0.25, -0.2) is 0 Å². The van der Waals surface area contributed by atoms with Crippen LogP contribution in [0.15, 0.2) is 18.2 Å². The number of ether oxygens (including phenoxy) is 2. The van der Waals surface area contributed by atoms with E-state index >= 15 is 0 Å². The largest absolute Gasteiger partial charge is 0.490 e. The van der Waals surface area contributed by atoms with Crippen molar-refractivity contribution in [3.05, 3.63) is 23.8 Å². The molecule has 1 aliphatic carbocycles. The third-order valence-electron chi connectivity index (χ3n) is 4.23. The standard InChI is InChI=1S/C18H25NO5/c1-2-23-16-11-12(10-14(19)17(20)21)8-9-15(16)24-18(22)13-6-4-3-5-7-13/h8-9,11,13-14H,2-7,10,19H2,1H3,(H,20,21). The van der Waals surface area contributed by atoms with Gasteiger partial charge in [0.25, 0.3) is 0 Å². The van der Waals surface area contributed by atoms with E-state index in [1.807, 2.05) is 6.92 Å². The van der Waals surface area contributed by atoms with E-state index in [2.05, 4.69) is 0 Å². The number of carbonyl (C=O) groups is 2. The Labute approximate surface area is 141 Å². The molecule has 1 aromatic rings. The molecule has 132 valence electrons. The molecule has 1 fully saturated rings. The first-order chi connectivity index (χ1) is 11.5. The molecule has 2 rings (SSSR count). The average molecular weight is 335 g/mol. The van der Waals surface area contributed by atoms with Gasteiger partial charge in [-0.05, 0) is 43.9 Å². The first-order valence-electron chi connectivity index (χ1n) is 8.47. The first-order valence-corrected chi connectivity index (χ1v) is 8.47. The number of rotatable bonds is 7. The van der Waals surface area contributed by atoms with Crippen molar-refractivity contribution in [1.82, 2.24) is 0 Å². The number of aliphatic carboxylic acids is 1. The zero-order chi connectivity index (χ0) is 17.5. The molecule has 1 unspecified atom stereocenters. The van der Waals surface area contributed by atoms with E-state index in [0.29, 0.717) is 18.1 Å². The van der Waals surface area contributed by atoms with Crippen LogP contribution in [0.25, 0.3) is 0 Å². The van der Waals surface area contributed by atoms with Crippen molar-refractivity contribution in [3.8, 4) is 11.5 Å². The zero-order valence-electron chi connectivity index (χ0n) is 14.0. The highest BCUT2D eigenvalue weighted by atomic mass is 16.6. The van der Waals surface area contributed by atoms with Crippen LogP contribution in [0, 0.1) is 5.92 Å². The molecule has 3 N–H and O–H groups in total. The molecule has 0 saturated heterocycles. The molecule has 24 heavy (non-hydrogen) atoms. The monoisotopic (exact) mass is 335 g/mol. The molecule has 0 aromatic heterocycles. The number of carboxylic acids is 1. The normalized spacial score (nSPS) is 16.4. The van der Waals surface area contributed by atoms with Crippen LogP contribution in [0.4, 0.5) is 0 Å². The summed E-state index contributed by atoms with van der Waals surface area (Å²) >= 11 is 0. The fourth-order valence-corrected chi connectivity index (χ4v) is 2.90. The van der Waals surface area contributed by atoms with Gasteiger partial charge in [0, 0.05) is 0 Å². The summed E-state index contributed by atoms with van der Waals surface area (Å²) in [6.45, 7) is 2.25. The summed E-state index contributed by atoms with van der Waals surface area (Å²) < 4.78 is 11.1. The maximum absolute atomic E-state index is 12.3. The highest BCUT2D eigenvalue weighted by Gasteiger charge is 2.24. The van der Waals surface area contributed by atoms with E-state index in [4.69, 9.17) is 20.3 Å². The van der Waals surface area contributed by atoms with Crippen LogP contribution in [0.5, 0.6) is 11.5 Å². The lowest BCUT2D eigenvalue weighted by atomic mass is 9.89. The molecule has 6 heteroatoms. The molecule has 1 aliphatic rings. The van der Waals surface area contributed by atoms with Crippen LogP contribution in [0.2, 0.25) is 0 Å². The van der Waals surface area contributed by atoms with Gasteiger partial charge in [-0.3, -0.25) is 9.59 Å². The molecule has 0 heterocycles. The maximum atomic E-state index is 12.3.